The average molecular weight is 465 g/mol. The predicted octanol–water partition coefficient (Wildman–Crippen LogP) is 5.96. The minimum absolute atomic E-state index is 0.0741. The number of aliphatic hydroxyl groups is 3. The highest BCUT2D eigenvalue weighted by Crippen LogP contribution is 2.19. The van der Waals surface area contributed by atoms with Crippen LogP contribution in [0, 0.1) is 11.8 Å². The summed E-state index contributed by atoms with van der Waals surface area (Å²) in [5, 5.41) is 39.1. The first-order valence-corrected chi connectivity index (χ1v) is 12.7. The van der Waals surface area contributed by atoms with Crippen LogP contribution < -0.4 is 0 Å². The number of unbranched alkanes of at least 4 members (excludes halogenated alkanes) is 2. The van der Waals surface area contributed by atoms with E-state index in [-0.39, 0.29) is 18.1 Å². The van der Waals surface area contributed by atoms with Gasteiger partial charge in [0.25, 0.3) is 0 Å². The topological polar surface area (TPSA) is 98.0 Å². The summed E-state index contributed by atoms with van der Waals surface area (Å²) in [6.07, 6.45) is 22.7. The van der Waals surface area contributed by atoms with Crippen molar-refractivity contribution >= 4 is 5.97 Å². The van der Waals surface area contributed by atoms with Gasteiger partial charge in [0.1, 0.15) is 0 Å². The molecule has 1 unspecified atom stereocenters. The Balaban J connectivity index is 3.89. The number of carboxylic acids is 1. The molecule has 5 nitrogen and oxygen atoms in total. The molecular formula is C28H48O5. The SMILES string of the molecule is CC/C=C\CCC(C)[C@H](O)CCCCC[C@@H](O)[C@@H](C)/C=C\CC[C@H](O)C/C=C/C=C\C(=O)O. The first kappa shape index (κ1) is 31.3. The third kappa shape index (κ3) is 19.5. The molecule has 5 heteroatoms. The van der Waals surface area contributed by atoms with E-state index in [0.29, 0.717) is 18.8 Å². The number of rotatable bonds is 20. The summed E-state index contributed by atoms with van der Waals surface area (Å²) in [7, 11) is 0. The van der Waals surface area contributed by atoms with Crippen molar-refractivity contribution in [2.75, 3.05) is 0 Å². The van der Waals surface area contributed by atoms with E-state index in [4.69, 9.17) is 5.11 Å². The van der Waals surface area contributed by atoms with Crippen LogP contribution in [-0.2, 0) is 4.79 Å². The van der Waals surface area contributed by atoms with E-state index in [2.05, 4.69) is 26.0 Å². The fourth-order valence-electron chi connectivity index (χ4n) is 3.56. The minimum atomic E-state index is -0.989. The zero-order valence-electron chi connectivity index (χ0n) is 21.0. The van der Waals surface area contributed by atoms with Gasteiger partial charge in [-0.1, -0.05) is 82.6 Å². The van der Waals surface area contributed by atoms with Gasteiger partial charge < -0.3 is 20.4 Å². The Morgan fingerprint density at radius 1 is 0.788 bits per heavy atom. The highest BCUT2D eigenvalue weighted by atomic mass is 16.4. The lowest BCUT2D eigenvalue weighted by Gasteiger charge is -2.19. The van der Waals surface area contributed by atoms with Crippen LogP contribution in [0.25, 0.3) is 0 Å². The Labute approximate surface area is 201 Å². The van der Waals surface area contributed by atoms with E-state index in [0.717, 1.165) is 63.9 Å². The molecule has 0 rings (SSSR count). The van der Waals surface area contributed by atoms with Crippen molar-refractivity contribution in [2.45, 2.75) is 110 Å². The molecule has 5 atom stereocenters. The lowest BCUT2D eigenvalue weighted by atomic mass is 9.93. The Hall–Kier alpha value is -1.69. The van der Waals surface area contributed by atoms with Gasteiger partial charge in [-0.25, -0.2) is 4.79 Å². The Kier molecular flexibility index (Phi) is 19.8. The molecule has 33 heavy (non-hydrogen) atoms. The number of aliphatic carboxylic acids is 1. The molecule has 0 aliphatic carbocycles. The van der Waals surface area contributed by atoms with Gasteiger partial charge in [0.05, 0.1) is 18.3 Å². The largest absolute Gasteiger partial charge is 0.478 e. The van der Waals surface area contributed by atoms with Gasteiger partial charge in [-0.2, -0.15) is 0 Å². The fourth-order valence-corrected chi connectivity index (χ4v) is 3.56. The summed E-state index contributed by atoms with van der Waals surface area (Å²) >= 11 is 0. The molecule has 4 N–H and O–H groups in total. The number of allylic oxidation sites excluding steroid dienone is 5. The van der Waals surface area contributed by atoms with Crippen LogP contribution in [0.5, 0.6) is 0 Å². The number of carbonyl (C=O) groups is 1. The molecule has 0 heterocycles. The maximum atomic E-state index is 10.4. The fraction of sp³-hybridized carbons (Fsp3) is 0.679. The second-order valence-electron chi connectivity index (χ2n) is 9.09. The van der Waals surface area contributed by atoms with Crippen LogP contribution in [0.4, 0.5) is 0 Å². The van der Waals surface area contributed by atoms with Crippen LogP contribution in [0.3, 0.4) is 0 Å². The van der Waals surface area contributed by atoms with E-state index in [1.165, 1.54) is 6.08 Å². The van der Waals surface area contributed by atoms with Crippen LogP contribution in [0.15, 0.2) is 48.6 Å². The molecule has 0 bridgehead atoms. The van der Waals surface area contributed by atoms with Gasteiger partial charge in [0.2, 0.25) is 0 Å². The maximum absolute atomic E-state index is 10.4. The highest BCUT2D eigenvalue weighted by molar-refractivity contribution is 5.80. The van der Waals surface area contributed by atoms with Gasteiger partial charge in [-0.3, -0.25) is 0 Å². The molecule has 0 amide bonds. The van der Waals surface area contributed by atoms with Gasteiger partial charge >= 0.3 is 5.97 Å². The molecule has 0 saturated heterocycles. The Morgan fingerprint density at radius 3 is 2.12 bits per heavy atom. The van der Waals surface area contributed by atoms with Crippen molar-refractivity contribution in [1.82, 2.24) is 0 Å². The van der Waals surface area contributed by atoms with E-state index >= 15 is 0 Å². The Morgan fingerprint density at radius 2 is 1.45 bits per heavy atom. The van der Waals surface area contributed by atoms with Crippen molar-refractivity contribution in [2.24, 2.45) is 11.8 Å². The summed E-state index contributed by atoms with van der Waals surface area (Å²) in [6, 6.07) is 0. The van der Waals surface area contributed by atoms with Gasteiger partial charge in [-0.05, 0) is 63.2 Å². The van der Waals surface area contributed by atoms with Crippen molar-refractivity contribution in [3.8, 4) is 0 Å². The quantitative estimate of drug-likeness (QED) is 0.0771. The van der Waals surface area contributed by atoms with Gasteiger partial charge in [0, 0.05) is 6.08 Å². The second-order valence-corrected chi connectivity index (χ2v) is 9.09. The minimum Gasteiger partial charge on any atom is -0.478 e. The molecule has 0 aliphatic heterocycles. The summed E-state index contributed by atoms with van der Waals surface area (Å²) in [5.41, 5.74) is 0. The molecule has 0 spiro atoms. The van der Waals surface area contributed by atoms with Crippen molar-refractivity contribution in [1.29, 1.82) is 0 Å². The third-order valence-corrected chi connectivity index (χ3v) is 5.95. The van der Waals surface area contributed by atoms with Crippen molar-refractivity contribution in [3.63, 3.8) is 0 Å². The molecule has 190 valence electrons. The summed E-state index contributed by atoms with van der Waals surface area (Å²) in [6.45, 7) is 6.26. The highest BCUT2D eigenvalue weighted by Gasteiger charge is 2.14. The lowest BCUT2D eigenvalue weighted by Crippen LogP contribution is -2.17. The number of carboxylic acid groups (broad SMARTS) is 1. The monoisotopic (exact) mass is 464 g/mol. The molecular weight excluding hydrogens is 416 g/mol. The second kappa shape index (κ2) is 20.9. The zero-order chi connectivity index (χ0) is 24.9. The summed E-state index contributed by atoms with van der Waals surface area (Å²) in [5.74, 6) is -0.591. The Bertz CT molecular complexity index is 593. The zero-order valence-corrected chi connectivity index (χ0v) is 21.0. The number of aliphatic hydroxyl groups excluding tert-OH is 3. The molecule has 0 aliphatic rings. The van der Waals surface area contributed by atoms with Crippen LogP contribution in [-0.4, -0.2) is 44.7 Å². The van der Waals surface area contributed by atoms with Crippen LogP contribution in [0.1, 0.15) is 91.4 Å². The lowest BCUT2D eigenvalue weighted by molar-refractivity contribution is -0.131. The van der Waals surface area contributed by atoms with Crippen LogP contribution >= 0.6 is 0 Å². The number of hydrogen-bond donors (Lipinski definition) is 4. The summed E-state index contributed by atoms with van der Waals surface area (Å²) in [4.78, 5) is 10.3. The smallest absolute Gasteiger partial charge is 0.328 e. The van der Waals surface area contributed by atoms with E-state index in [9.17, 15) is 20.1 Å². The normalized spacial score (nSPS) is 17.3. The van der Waals surface area contributed by atoms with Crippen LogP contribution in [0.2, 0.25) is 0 Å². The van der Waals surface area contributed by atoms with Crippen molar-refractivity contribution in [3.05, 3.63) is 48.6 Å². The molecule has 0 aromatic heterocycles. The molecule has 0 aromatic rings. The van der Waals surface area contributed by atoms with E-state index < -0.39 is 12.1 Å². The van der Waals surface area contributed by atoms with Crippen molar-refractivity contribution < 1.29 is 25.2 Å². The molecule has 0 fully saturated rings. The van der Waals surface area contributed by atoms with E-state index in [1.54, 1.807) is 12.2 Å². The average Bonchev–Trinajstić information content (AvgIpc) is 2.78. The number of hydrogen-bond acceptors (Lipinski definition) is 4. The maximum Gasteiger partial charge on any atom is 0.328 e. The molecule has 0 saturated carbocycles. The summed E-state index contributed by atoms with van der Waals surface area (Å²) < 4.78 is 0. The third-order valence-electron chi connectivity index (χ3n) is 5.95. The molecule has 0 radical (unpaired) electrons. The standard InChI is InChI=1S/C28H48O5/c1-4-5-6-9-16-23(2)26(30)20-11-8-12-21-27(31)24(3)17-14-15-19-25(29)18-10-7-13-22-28(32)33/h5-7,10,13-14,17,22-27,29-31H,4,8-9,11-12,15-16,18-21H2,1-3H3,(H,32,33)/b6-5-,10-7+,17-14-,22-13-/t23?,24-,25+,26+,27+/m0/s1. The predicted molar refractivity (Wildman–Crippen MR) is 137 cm³/mol. The van der Waals surface area contributed by atoms with E-state index in [1.807, 2.05) is 19.1 Å². The first-order chi connectivity index (χ1) is 15.8. The van der Waals surface area contributed by atoms with Gasteiger partial charge in [-0.15, -0.1) is 0 Å². The van der Waals surface area contributed by atoms with Gasteiger partial charge in [0.15, 0.2) is 0 Å². The molecule has 0 aromatic carbocycles. The first-order valence-electron chi connectivity index (χ1n) is 12.7.